The van der Waals surface area contributed by atoms with Crippen LogP contribution in [0.2, 0.25) is 0 Å². The largest absolute Gasteiger partial charge is 0.298 e. The minimum absolute atomic E-state index is 0.000741. The van der Waals surface area contributed by atoms with Gasteiger partial charge in [-0.05, 0) is 25.7 Å². The lowest BCUT2D eigenvalue weighted by atomic mass is 9.87. The second kappa shape index (κ2) is 4.89. The van der Waals surface area contributed by atoms with E-state index in [-0.39, 0.29) is 11.8 Å². The lowest BCUT2D eigenvalue weighted by Gasteiger charge is -2.16. The molecule has 0 N–H and O–H groups in total. The molecule has 0 aromatic carbocycles. The maximum atomic E-state index is 12.3. The van der Waals surface area contributed by atoms with Crippen LogP contribution in [0, 0.1) is 11.8 Å². The molecule has 2 atom stereocenters. The van der Waals surface area contributed by atoms with E-state index in [1.54, 1.807) is 0 Å². The average Bonchev–Trinajstić information content (AvgIpc) is 2.97. The zero-order valence-corrected chi connectivity index (χ0v) is 10.2. The molecule has 2 rings (SSSR count). The number of hydrogen-bond donors (Lipinski definition) is 0. The third-order valence-electron chi connectivity index (χ3n) is 3.67. The summed E-state index contributed by atoms with van der Waals surface area (Å²) in [6.45, 7) is 5.81. The first-order valence-electron chi connectivity index (χ1n) is 6.30. The minimum atomic E-state index is 0.000741. The predicted molar refractivity (Wildman–Crippen MR) is 66.4 cm³/mol. The summed E-state index contributed by atoms with van der Waals surface area (Å²) < 4.78 is 0. The SMILES string of the molecule is CC(C(=O)C(C)C1=NCCC1)C1=NCCC1. The molecule has 0 amide bonds. The summed E-state index contributed by atoms with van der Waals surface area (Å²) >= 11 is 0. The molecule has 16 heavy (non-hydrogen) atoms. The van der Waals surface area contributed by atoms with E-state index in [1.807, 2.05) is 13.8 Å². The Bertz CT molecular complexity index is 312. The van der Waals surface area contributed by atoms with Crippen LogP contribution in [-0.4, -0.2) is 30.3 Å². The van der Waals surface area contributed by atoms with Gasteiger partial charge in [-0.3, -0.25) is 14.8 Å². The highest BCUT2D eigenvalue weighted by Crippen LogP contribution is 2.20. The molecule has 2 aliphatic heterocycles. The van der Waals surface area contributed by atoms with Crippen molar-refractivity contribution < 1.29 is 4.79 Å². The Morgan fingerprint density at radius 2 is 1.44 bits per heavy atom. The Balaban J connectivity index is 2.00. The summed E-state index contributed by atoms with van der Waals surface area (Å²) in [6.07, 6.45) is 4.24. The second-order valence-electron chi connectivity index (χ2n) is 4.80. The topological polar surface area (TPSA) is 41.8 Å². The fourth-order valence-corrected chi connectivity index (χ4v) is 2.53. The molecule has 0 fully saturated rings. The highest BCUT2D eigenvalue weighted by molar-refractivity contribution is 6.14. The smallest absolute Gasteiger partial charge is 0.149 e. The third kappa shape index (κ3) is 2.23. The van der Waals surface area contributed by atoms with Crippen molar-refractivity contribution in [2.24, 2.45) is 21.8 Å². The first kappa shape index (κ1) is 11.5. The highest BCUT2D eigenvalue weighted by atomic mass is 16.1. The van der Waals surface area contributed by atoms with Gasteiger partial charge in [0.25, 0.3) is 0 Å². The van der Waals surface area contributed by atoms with Crippen molar-refractivity contribution in [2.75, 3.05) is 13.1 Å². The molecule has 0 bridgehead atoms. The van der Waals surface area contributed by atoms with Crippen molar-refractivity contribution in [3.05, 3.63) is 0 Å². The van der Waals surface area contributed by atoms with Crippen molar-refractivity contribution in [3.8, 4) is 0 Å². The number of rotatable bonds is 4. The lowest BCUT2D eigenvalue weighted by Crippen LogP contribution is -2.29. The summed E-state index contributed by atoms with van der Waals surface area (Å²) in [5.74, 6) is 0.308. The molecule has 3 nitrogen and oxygen atoms in total. The van der Waals surface area contributed by atoms with E-state index in [4.69, 9.17) is 0 Å². The highest BCUT2D eigenvalue weighted by Gasteiger charge is 2.29. The Kier molecular flexibility index (Phi) is 3.52. The lowest BCUT2D eigenvalue weighted by molar-refractivity contribution is -0.122. The van der Waals surface area contributed by atoms with Gasteiger partial charge in [-0.15, -0.1) is 0 Å². The standard InChI is InChI=1S/C13H20N2O/c1-9(11-5-3-7-14-11)13(16)10(2)12-6-4-8-15-12/h9-10H,3-8H2,1-2H3. The van der Waals surface area contributed by atoms with Gasteiger partial charge in [-0.25, -0.2) is 0 Å². The molecular formula is C13H20N2O. The van der Waals surface area contributed by atoms with Gasteiger partial charge >= 0.3 is 0 Å². The number of Topliss-reactive ketones (excluding diaryl/α,β-unsaturated/α-hetero) is 1. The first-order chi connectivity index (χ1) is 7.70. The fraction of sp³-hybridized carbons (Fsp3) is 0.769. The molecule has 2 aliphatic rings. The van der Waals surface area contributed by atoms with Crippen molar-refractivity contribution in [3.63, 3.8) is 0 Å². The number of carbonyl (C=O) groups excluding carboxylic acids is 1. The molecule has 0 saturated heterocycles. The molecule has 2 heterocycles. The van der Waals surface area contributed by atoms with Gasteiger partial charge in [0.1, 0.15) is 5.78 Å². The van der Waals surface area contributed by atoms with Crippen LogP contribution in [0.1, 0.15) is 39.5 Å². The summed E-state index contributed by atoms with van der Waals surface area (Å²) in [5, 5.41) is 0. The van der Waals surface area contributed by atoms with Gasteiger partial charge < -0.3 is 0 Å². The van der Waals surface area contributed by atoms with E-state index in [0.29, 0.717) is 5.78 Å². The Morgan fingerprint density at radius 1 is 1.00 bits per heavy atom. The maximum absolute atomic E-state index is 12.3. The number of ketones is 1. The van der Waals surface area contributed by atoms with Gasteiger partial charge in [0, 0.05) is 24.5 Å². The second-order valence-corrected chi connectivity index (χ2v) is 4.80. The minimum Gasteiger partial charge on any atom is -0.298 e. The number of hydrogen-bond acceptors (Lipinski definition) is 3. The normalized spacial score (nSPS) is 23.9. The van der Waals surface area contributed by atoms with Crippen LogP contribution in [0.3, 0.4) is 0 Å². The van der Waals surface area contributed by atoms with Crippen molar-refractivity contribution >= 4 is 17.2 Å². The van der Waals surface area contributed by atoms with E-state index in [2.05, 4.69) is 9.98 Å². The van der Waals surface area contributed by atoms with Crippen LogP contribution in [0.15, 0.2) is 9.98 Å². The molecule has 0 spiro atoms. The summed E-state index contributed by atoms with van der Waals surface area (Å²) in [4.78, 5) is 21.1. The molecule has 0 aromatic heterocycles. The Labute approximate surface area is 97.1 Å². The van der Waals surface area contributed by atoms with Crippen LogP contribution in [-0.2, 0) is 4.79 Å². The molecule has 3 heteroatoms. The van der Waals surface area contributed by atoms with Gasteiger partial charge in [0.05, 0.1) is 11.8 Å². The zero-order valence-electron chi connectivity index (χ0n) is 10.2. The molecular weight excluding hydrogens is 200 g/mol. The Hall–Kier alpha value is -0.990. The molecule has 88 valence electrons. The Morgan fingerprint density at radius 3 is 1.75 bits per heavy atom. The quantitative estimate of drug-likeness (QED) is 0.716. The van der Waals surface area contributed by atoms with Crippen LogP contribution in [0.5, 0.6) is 0 Å². The molecule has 0 aromatic rings. The first-order valence-corrected chi connectivity index (χ1v) is 6.30. The summed E-state index contributed by atoms with van der Waals surface area (Å²) in [7, 11) is 0. The van der Waals surface area contributed by atoms with E-state index in [0.717, 1.165) is 50.2 Å². The predicted octanol–water partition coefficient (Wildman–Crippen LogP) is 2.30. The van der Waals surface area contributed by atoms with E-state index < -0.39 is 0 Å². The molecule has 0 radical (unpaired) electrons. The number of nitrogens with zero attached hydrogens (tertiary/aromatic N) is 2. The monoisotopic (exact) mass is 220 g/mol. The number of carbonyl (C=O) groups is 1. The fourth-order valence-electron chi connectivity index (χ4n) is 2.53. The van der Waals surface area contributed by atoms with Crippen molar-refractivity contribution in [1.82, 2.24) is 0 Å². The van der Waals surface area contributed by atoms with E-state index in [9.17, 15) is 4.79 Å². The summed E-state index contributed by atoms with van der Waals surface area (Å²) in [6, 6.07) is 0. The van der Waals surface area contributed by atoms with Gasteiger partial charge in [-0.1, -0.05) is 13.8 Å². The van der Waals surface area contributed by atoms with Crippen LogP contribution < -0.4 is 0 Å². The maximum Gasteiger partial charge on any atom is 0.149 e. The van der Waals surface area contributed by atoms with Gasteiger partial charge in [0.15, 0.2) is 0 Å². The third-order valence-corrected chi connectivity index (χ3v) is 3.67. The van der Waals surface area contributed by atoms with Crippen LogP contribution in [0.4, 0.5) is 0 Å². The van der Waals surface area contributed by atoms with E-state index in [1.165, 1.54) is 0 Å². The summed E-state index contributed by atoms with van der Waals surface area (Å²) in [5.41, 5.74) is 2.21. The van der Waals surface area contributed by atoms with Crippen molar-refractivity contribution in [2.45, 2.75) is 39.5 Å². The average molecular weight is 220 g/mol. The van der Waals surface area contributed by atoms with Crippen molar-refractivity contribution in [1.29, 1.82) is 0 Å². The van der Waals surface area contributed by atoms with Crippen LogP contribution in [0.25, 0.3) is 0 Å². The number of aliphatic imine (C=N–C) groups is 2. The van der Waals surface area contributed by atoms with Crippen LogP contribution >= 0.6 is 0 Å². The van der Waals surface area contributed by atoms with Gasteiger partial charge in [0.2, 0.25) is 0 Å². The van der Waals surface area contributed by atoms with E-state index >= 15 is 0 Å². The molecule has 0 saturated carbocycles. The molecule has 2 unspecified atom stereocenters. The zero-order chi connectivity index (χ0) is 11.5. The van der Waals surface area contributed by atoms with Gasteiger partial charge in [-0.2, -0.15) is 0 Å². The molecule has 0 aliphatic carbocycles.